The van der Waals surface area contributed by atoms with Crippen molar-refractivity contribution in [3.05, 3.63) is 48.0 Å². The first-order valence-corrected chi connectivity index (χ1v) is 12.4. The molecular weight excluding hydrogens is 416 g/mol. The van der Waals surface area contributed by atoms with E-state index in [9.17, 15) is 9.90 Å². The van der Waals surface area contributed by atoms with Gasteiger partial charge in [0.2, 0.25) is 0 Å². The number of benzene rings is 2. The lowest BCUT2D eigenvalue weighted by atomic mass is 9.99. The summed E-state index contributed by atoms with van der Waals surface area (Å²) >= 11 is 0. The van der Waals surface area contributed by atoms with Gasteiger partial charge in [-0.25, -0.2) is 0 Å². The summed E-state index contributed by atoms with van der Waals surface area (Å²) in [4.78, 5) is 11.6. The van der Waals surface area contributed by atoms with Gasteiger partial charge in [-0.3, -0.25) is 0 Å². The van der Waals surface area contributed by atoms with Gasteiger partial charge in [-0.1, -0.05) is 64.0 Å². The summed E-state index contributed by atoms with van der Waals surface area (Å²) in [6.45, 7) is 7.88. The van der Waals surface area contributed by atoms with E-state index >= 15 is 0 Å². The average Bonchev–Trinajstić information content (AvgIpc) is 2.82. The van der Waals surface area contributed by atoms with Crippen molar-refractivity contribution < 1.29 is 24.1 Å². The molecule has 0 radical (unpaired) electrons. The molecular formula is C28H39O5-. The molecule has 0 aliphatic carbocycles. The summed E-state index contributed by atoms with van der Waals surface area (Å²) in [5.41, 5.74) is 1.50. The molecule has 0 amide bonds. The van der Waals surface area contributed by atoms with Gasteiger partial charge in [-0.2, -0.15) is 0 Å². The molecule has 0 saturated carbocycles. The quantitative estimate of drug-likeness (QED) is 0.272. The minimum absolute atomic E-state index is 0.00857. The Kier molecular flexibility index (Phi) is 12.4. The van der Waals surface area contributed by atoms with Gasteiger partial charge in [-0.05, 0) is 61.7 Å². The van der Waals surface area contributed by atoms with Crippen LogP contribution < -0.4 is 14.6 Å². The van der Waals surface area contributed by atoms with Gasteiger partial charge in [0.1, 0.15) is 18.1 Å². The van der Waals surface area contributed by atoms with Gasteiger partial charge in [0, 0.05) is 12.2 Å². The number of ether oxygens (including phenoxy) is 3. The number of carboxylic acids is 1. The summed E-state index contributed by atoms with van der Waals surface area (Å²) in [5.74, 6) is 0.178. The number of hydrogen-bond acceptors (Lipinski definition) is 5. The zero-order chi connectivity index (χ0) is 23.9. The van der Waals surface area contributed by atoms with Gasteiger partial charge in [0.15, 0.2) is 0 Å². The fourth-order valence-electron chi connectivity index (χ4n) is 3.73. The first-order valence-electron chi connectivity index (χ1n) is 12.4. The van der Waals surface area contributed by atoms with Crippen molar-refractivity contribution in [3.8, 4) is 22.6 Å². The first-order chi connectivity index (χ1) is 16.0. The number of hydrogen-bond donors (Lipinski definition) is 0. The molecule has 182 valence electrons. The molecule has 0 N–H and O–H groups in total. The Morgan fingerprint density at radius 2 is 1.48 bits per heavy atom. The Morgan fingerprint density at radius 1 is 0.848 bits per heavy atom. The van der Waals surface area contributed by atoms with Crippen LogP contribution >= 0.6 is 0 Å². The topological polar surface area (TPSA) is 67.8 Å². The number of carbonyl (C=O) groups excluding carboxylic acids is 1. The number of carbonyl (C=O) groups is 1. The van der Waals surface area contributed by atoms with E-state index in [1.807, 2.05) is 38.1 Å². The summed E-state index contributed by atoms with van der Waals surface area (Å²) in [7, 11) is 0. The van der Waals surface area contributed by atoms with Gasteiger partial charge < -0.3 is 24.1 Å². The second-order valence-corrected chi connectivity index (χ2v) is 8.42. The third kappa shape index (κ3) is 9.87. The summed E-state index contributed by atoms with van der Waals surface area (Å²) in [5, 5.41) is 11.6. The average molecular weight is 456 g/mol. The Hall–Kier alpha value is -2.53. The molecule has 2 aromatic carbocycles. The van der Waals surface area contributed by atoms with Crippen LogP contribution in [-0.4, -0.2) is 31.9 Å². The molecule has 0 saturated heterocycles. The van der Waals surface area contributed by atoms with Crippen LogP contribution in [-0.2, 0) is 4.74 Å². The van der Waals surface area contributed by atoms with Crippen molar-refractivity contribution >= 4 is 5.97 Å². The Balaban J connectivity index is 1.92. The largest absolute Gasteiger partial charge is 0.545 e. The molecule has 0 spiro atoms. The molecule has 2 rings (SSSR count). The normalized spacial score (nSPS) is 11.8. The van der Waals surface area contributed by atoms with E-state index in [4.69, 9.17) is 14.2 Å². The molecule has 2 aromatic rings. The molecule has 0 heterocycles. The van der Waals surface area contributed by atoms with Gasteiger partial charge in [-0.15, -0.1) is 0 Å². The highest BCUT2D eigenvalue weighted by Crippen LogP contribution is 2.29. The predicted molar refractivity (Wildman–Crippen MR) is 131 cm³/mol. The Labute approximate surface area is 199 Å². The maximum absolute atomic E-state index is 11.6. The summed E-state index contributed by atoms with van der Waals surface area (Å²) in [6.07, 6.45) is 9.94. The number of rotatable bonds is 17. The van der Waals surface area contributed by atoms with Crippen LogP contribution in [0.15, 0.2) is 42.5 Å². The van der Waals surface area contributed by atoms with Crippen LogP contribution in [0, 0.1) is 0 Å². The van der Waals surface area contributed by atoms with Gasteiger partial charge >= 0.3 is 0 Å². The monoisotopic (exact) mass is 455 g/mol. The van der Waals surface area contributed by atoms with Crippen molar-refractivity contribution in [2.24, 2.45) is 0 Å². The van der Waals surface area contributed by atoms with Gasteiger partial charge in [0.05, 0.1) is 18.7 Å². The SMILES string of the molecule is CCCCCCCCCCOc1ccc(C(=O)[O-])c(-c2ccc(OCC(C)OCC)cc2)c1. The third-order valence-corrected chi connectivity index (χ3v) is 5.58. The van der Waals surface area contributed by atoms with Crippen LogP contribution in [0.25, 0.3) is 11.1 Å². The zero-order valence-electron chi connectivity index (χ0n) is 20.4. The zero-order valence-corrected chi connectivity index (χ0v) is 20.4. The lowest BCUT2D eigenvalue weighted by molar-refractivity contribution is -0.254. The molecule has 0 bridgehead atoms. The molecule has 0 fully saturated rings. The highest BCUT2D eigenvalue weighted by atomic mass is 16.5. The van der Waals surface area contributed by atoms with E-state index < -0.39 is 5.97 Å². The van der Waals surface area contributed by atoms with Crippen LogP contribution in [0.2, 0.25) is 0 Å². The Morgan fingerprint density at radius 3 is 2.12 bits per heavy atom. The highest BCUT2D eigenvalue weighted by Gasteiger charge is 2.10. The molecule has 0 aliphatic rings. The fraction of sp³-hybridized carbons (Fsp3) is 0.536. The summed E-state index contributed by atoms with van der Waals surface area (Å²) < 4.78 is 17.1. The van der Waals surface area contributed by atoms with Crippen molar-refractivity contribution in [3.63, 3.8) is 0 Å². The van der Waals surface area contributed by atoms with Crippen LogP contribution in [0.5, 0.6) is 11.5 Å². The lowest BCUT2D eigenvalue weighted by Crippen LogP contribution is -2.23. The van der Waals surface area contributed by atoms with E-state index in [0.29, 0.717) is 36.9 Å². The second-order valence-electron chi connectivity index (χ2n) is 8.42. The van der Waals surface area contributed by atoms with Gasteiger partial charge in [0.25, 0.3) is 0 Å². The molecule has 1 unspecified atom stereocenters. The van der Waals surface area contributed by atoms with Crippen molar-refractivity contribution in [1.82, 2.24) is 0 Å². The number of unbranched alkanes of at least 4 members (excludes halogenated alkanes) is 7. The molecule has 0 aliphatic heterocycles. The van der Waals surface area contributed by atoms with E-state index in [2.05, 4.69) is 6.92 Å². The highest BCUT2D eigenvalue weighted by molar-refractivity contribution is 5.95. The van der Waals surface area contributed by atoms with Crippen molar-refractivity contribution in [1.29, 1.82) is 0 Å². The third-order valence-electron chi connectivity index (χ3n) is 5.58. The second kappa shape index (κ2) is 15.3. The van der Waals surface area contributed by atoms with E-state index in [1.54, 1.807) is 18.2 Å². The molecule has 1 atom stereocenters. The van der Waals surface area contributed by atoms with E-state index in [-0.39, 0.29) is 11.7 Å². The van der Waals surface area contributed by atoms with Crippen molar-refractivity contribution in [2.45, 2.75) is 78.2 Å². The summed E-state index contributed by atoms with van der Waals surface area (Å²) in [6, 6.07) is 12.4. The number of aromatic carboxylic acids is 1. The minimum Gasteiger partial charge on any atom is -0.545 e. The molecule has 5 heteroatoms. The van der Waals surface area contributed by atoms with Crippen LogP contribution in [0.3, 0.4) is 0 Å². The predicted octanol–water partition coefficient (Wildman–Crippen LogP) is 6.04. The standard InChI is InChI=1S/C28H40O5/c1-4-6-7-8-9-10-11-12-19-32-25-17-18-26(28(29)30)27(20-25)23-13-15-24(16-14-23)33-21-22(3)31-5-2/h13-18,20,22H,4-12,19,21H2,1-3H3,(H,29,30)/p-1. The molecule has 0 aromatic heterocycles. The van der Waals surface area contributed by atoms with Crippen LogP contribution in [0.4, 0.5) is 0 Å². The first kappa shape index (κ1) is 26.7. The molecule has 5 nitrogen and oxygen atoms in total. The maximum atomic E-state index is 11.6. The fourth-order valence-corrected chi connectivity index (χ4v) is 3.73. The smallest absolute Gasteiger partial charge is 0.119 e. The minimum atomic E-state index is -1.20. The Bertz CT molecular complexity index is 816. The van der Waals surface area contributed by atoms with E-state index in [1.165, 1.54) is 38.5 Å². The van der Waals surface area contributed by atoms with E-state index in [0.717, 1.165) is 18.4 Å². The number of carboxylic acid groups (broad SMARTS) is 1. The maximum Gasteiger partial charge on any atom is 0.119 e. The lowest BCUT2D eigenvalue weighted by Gasteiger charge is -2.15. The van der Waals surface area contributed by atoms with Crippen LogP contribution in [0.1, 0.15) is 82.5 Å². The molecule has 33 heavy (non-hydrogen) atoms. The van der Waals surface area contributed by atoms with Crippen molar-refractivity contribution in [2.75, 3.05) is 19.8 Å².